The number of amides is 1. The molecule has 0 spiro atoms. The molecule has 0 unspecified atom stereocenters. The molecule has 5 heteroatoms. The summed E-state index contributed by atoms with van der Waals surface area (Å²) in [5.41, 5.74) is 0.612. The van der Waals surface area contributed by atoms with Crippen molar-refractivity contribution in [2.45, 2.75) is 31.4 Å². The second kappa shape index (κ2) is 6.34. The predicted molar refractivity (Wildman–Crippen MR) is 80.4 cm³/mol. The predicted octanol–water partition coefficient (Wildman–Crippen LogP) is 2.34. The van der Waals surface area contributed by atoms with Crippen LogP contribution in [0, 0.1) is 5.92 Å². The number of aliphatic hydroxyl groups excluding tert-OH is 1. The molecule has 114 valence electrons. The van der Waals surface area contributed by atoms with E-state index in [1.807, 2.05) is 4.90 Å². The van der Waals surface area contributed by atoms with Gasteiger partial charge in [-0.1, -0.05) is 17.7 Å². The molecule has 3 atom stereocenters. The molecular formula is C16H20ClNO3. The van der Waals surface area contributed by atoms with Crippen LogP contribution < -0.4 is 0 Å². The van der Waals surface area contributed by atoms with Gasteiger partial charge in [0.25, 0.3) is 5.91 Å². The molecule has 2 aliphatic rings. The summed E-state index contributed by atoms with van der Waals surface area (Å²) in [6.07, 6.45) is 2.18. The third-order valence-electron chi connectivity index (χ3n) is 4.49. The van der Waals surface area contributed by atoms with Crippen molar-refractivity contribution in [3.8, 4) is 0 Å². The molecule has 1 N–H and O–H groups in total. The van der Waals surface area contributed by atoms with Gasteiger partial charge in [-0.3, -0.25) is 4.79 Å². The molecule has 2 heterocycles. The monoisotopic (exact) mass is 309 g/mol. The maximum atomic E-state index is 12.7. The molecule has 1 amide bonds. The number of hydrogen-bond donors (Lipinski definition) is 1. The number of aliphatic hydroxyl groups is 1. The van der Waals surface area contributed by atoms with E-state index in [1.54, 1.807) is 24.3 Å². The number of hydrogen-bond acceptors (Lipinski definition) is 3. The largest absolute Gasteiger partial charge is 0.393 e. The third-order valence-corrected chi connectivity index (χ3v) is 4.72. The Balaban J connectivity index is 1.78. The summed E-state index contributed by atoms with van der Waals surface area (Å²) >= 11 is 5.97. The van der Waals surface area contributed by atoms with E-state index in [-0.39, 0.29) is 24.0 Å². The minimum Gasteiger partial charge on any atom is -0.393 e. The smallest absolute Gasteiger partial charge is 0.254 e. The average Bonchev–Trinajstić information content (AvgIpc) is 2.96. The molecule has 2 fully saturated rings. The van der Waals surface area contributed by atoms with Crippen LogP contribution in [0.1, 0.15) is 29.6 Å². The standard InChI is InChI=1S/C16H20ClNO3/c17-12-4-1-3-11(9-12)16(20)18-7-2-5-14(18)13-10-21-8-6-15(13)19/h1,3-4,9,13-15,19H,2,5-8,10H2/t13-,14+,15-/m0/s1. The lowest BCUT2D eigenvalue weighted by Crippen LogP contribution is -2.48. The first kappa shape index (κ1) is 14.8. The number of ether oxygens (including phenoxy) is 1. The SMILES string of the molecule is O=C(c1cccc(Cl)c1)N1CCC[C@@H]1[C@@H]1COCC[C@@H]1O. The van der Waals surface area contributed by atoms with Crippen LogP contribution in [0.2, 0.25) is 5.02 Å². The fourth-order valence-corrected chi connectivity index (χ4v) is 3.58. The van der Waals surface area contributed by atoms with Crippen molar-refractivity contribution in [2.24, 2.45) is 5.92 Å². The van der Waals surface area contributed by atoms with Crippen LogP contribution in [-0.4, -0.2) is 47.8 Å². The van der Waals surface area contributed by atoms with E-state index in [0.717, 1.165) is 19.4 Å². The van der Waals surface area contributed by atoms with Gasteiger partial charge in [0, 0.05) is 35.7 Å². The van der Waals surface area contributed by atoms with E-state index >= 15 is 0 Å². The van der Waals surface area contributed by atoms with E-state index < -0.39 is 0 Å². The zero-order valence-electron chi connectivity index (χ0n) is 11.9. The number of carbonyl (C=O) groups is 1. The molecule has 1 aromatic carbocycles. The maximum Gasteiger partial charge on any atom is 0.254 e. The molecular weight excluding hydrogens is 290 g/mol. The fraction of sp³-hybridized carbons (Fsp3) is 0.562. The Morgan fingerprint density at radius 2 is 2.24 bits per heavy atom. The summed E-state index contributed by atoms with van der Waals surface area (Å²) < 4.78 is 5.50. The Morgan fingerprint density at radius 1 is 1.38 bits per heavy atom. The van der Waals surface area contributed by atoms with Crippen molar-refractivity contribution in [1.82, 2.24) is 4.90 Å². The van der Waals surface area contributed by atoms with E-state index in [9.17, 15) is 9.90 Å². The quantitative estimate of drug-likeness (QED) is 0.912. The summed E-state index contributed by atoms with van der Waals surface area (Å²) in [6.45, 7) is 1.87. The van der Waals surface area contributed by atoms with E-state index in [1.165, 1.54) is 0 Å². The van der Waals surface area contributed by atoms with Gasteiger partial charge in [-0.15, -0.1) is 0 Å². The maximum absolute atomic E-state index is 12.7. The van der Waals surface area contributed by atoms with Crippen LogP contribution in [-0.2, 0) is 4.74 Å². The van der Waals surface area contributed by atoms with Crippen molar-refractivity contribution in [2.75, 3.05) is 19.8 Å². The Hall–Kier alpha value is -1.10. The first-order chi connectivity index (χ1) is 10.2. The molecule has 0 aliphatic carbocycles. The molecule has 2 aliphatic heterocycles. The highest BCUT2D eigenvalue weighted by Crippen LogP contribution is 2.31. The number of carbonyl (C=O) groups excluding carboxylic acids is 1. The summed E-state index contributed by atoms with van der Waals surface area (Å²) in [4.78, 5) is 14.6. The van der Waals surface area contributed by atoms with Crippen molar-refractivity contribution in [1.29, 1.82) is 0 Å². The van der Waals surface area contributed by atoms with Gasteiger partial charge in [-0.05, 0) is 37.5 Å². The highest BCUT2D eigenvalue weighted by atomic mass is 35.5. The molecule has 1 aromatic rings. The minimum absolute atomic E-state index is 0.00206. The zero-order chi connectivity index (χ0) is 14.8. The van der Waals surface area contributed by atoms with Crippen LogP contribution >= 0.6 is 11.6 Å². The average molecular weight is 310 g/mol. The lowest BCUT2D eigenvalue weighted by atomic mass is 9.89. The lowest BCUT2D eigenvalue weighted by Gasteiger charge is -2.37. The second-order valence-electron chi connectivity index (χ2n) is 5.81. The van der Waals surface area contributed by atoms with Gasteiger partial charge in [0.05, 0.1) is 12.7 Å². The first-order valence-corrected chi connectivity index (χ1v) is 7.87. The topological polar surface area (TPSA) is 49.8 Å². The second-order valence-corrected chi connectivity index (χ2v) is 6.25. The van der Waals surface area contributed by atoms with Gasteiger partial charge in [0.15, 0.2) is 0 Å². The highest BCUT2D eigenvalue weighted by molar-refractivity contribution is 6.30. The molecule has 21 heavy (non-hydrogen) atoms. The van der Waals surface area contributed by atoms with Gasteiger partial charge in [-0.2, -0.15) is 0 Å². The molecule has 4 nitrogen and oxygen atoms in total. The fourth-order valence-electron chi connectivity index (χ4n) is 3.39. The number of nitrogens with zero attached hydrogens (tertiary/aromatic N) is 1. The normalized spacial score (nSPS) is 29.6. The first-order valence-electron chi connectivity index (χ1n) is 7.49. The Bertz CT molecular complexity index is 522. The Morgan fingerprint density at radius 3 is 3.00 bits per heavy atom. The van der Waals surface area contributed by atoms with E-state index in [4.69, 9.17) is 16.3 Å². The Kier molecular flexibility index (Phi) is 4.48. The molecule has 0 aromatic heterocycles. The van der Waals surface area contributed by atoms with Gasteiger partial charge < -0.3 is 14.7 Å². The van der Waals surface area contributed by atoms with Crippen LogP contribution in [0.5, 0.6) is 0 Å². The third kappa shape index (κ3) is 3.07. The van der Waals surface area contributed by atoms with Gasteiger partial charge in [-0.25, -0.2) is 0 Å². The molecule has 0 saturated carbocycles. The lowest BCUT2D eigenvalue weighted by molar-refractivity contribution is -0.0589. The van der Waals surface area contributed by atoms with Crippen LogP contribution in [0.3, 0.4) is 0 Å². The van der Waals surface area contributed by atoms with E-state index in [2.05, 4.69) is 0 Å². The summed E-state index contributed by atoms with van der Waals surface area (Å²) in [7, 11) is 0. The zero-order valence-corrected chi connectivity index (χ0v) is 12.6. The van der Waals surface area contributed by atoms with Gasteiger partial charge in [0.1, 0.15) is 0 Å². The minimum atomic E-state index is -0.378. The number of benzene rings is 1. The Labute approximate surface area is 129 Å². The summed E-state index contributed by atoms with van der Waals surface area (Å²) in [5.74, 6) is 0.0159. The number of rotatable bonds is 2. The van der Waals surface area contributed by atoms with Crippen LogP contribution in [0.25, 0.3) is 0 Å². The summed E-state index contributed by atoms with van der Waals surface area (Å²) in [6, 6.07) is 7.11. The van der Waals surface area contributed by atoms with Crippen molar-refractivity contribution < 1.29 is 14.6 Å². The van der Waals surface area contributed by atoms with Crippen LogP contribution in [0.4, 0.5) is 0 Å². The molecule has 3 rings (SSSR count). The van der Waals surface area contributed by atoms with Crippen molar-refractivity contribution >= 4 is 17.5 Å². The number of likely N-dealkylation sites (tertiary alicyclic amines) is 1. The van der Waals surface area contributed by atoms with Gasteiger partial charge in [0.2, 0.25) is 0 Å². The van der Waals surface area contributed by atoms with Crippen molar-refractivity contribution in [3.05, 3.63) is 34.9 Å². The molecule has 2 saturated heterocycles. The molecule has 0 bridgehead atoms. The highest BCUT2D eigenvalue weighted by Gasteiger charge is 2.39. The van der Waals surface area contributed by atoms with Crippen LogP contribution in [0.15, 0.2) is 24.3 Å². The van der Waals surface area contributed by atoms with E-state index in [0.29, 0.717) is 30.2 Å². The van der Waals surface area contributed by atoms with Crippen molar-refractivity contribution in [3.63, 3.8) is 0 Å². The number of halogens is 1. The molecule has 0 radical (unpaired) electrons. The van der Waals surface area contributed by atoms with Gasteiger partial charge >= 0.3 is 0 Å². The summed E-state index contributed by atoms with van der Waals surface area (Å²) in [5, 5.41) is 10.8.